The fourth-order valence-electron chi connectivity index (χ4n) is 2.20. The summed E-state index contributed by atoms with van der Waals surface area (Å²) in [5.74, 6) is 0.609. The Kier molecular flexibility index (Phi) is 4.62. The first kappa shape index (κ1) is 14.4. The highest BCUT2D eigenvalue weighted by atomic mass is 16.2. The molecule has 1 fully saturated rings. The van der Waals surface area contributed by atoms with E-state index in [1.165, 1.54) is 0 Å². The standard InChI is InChI=1S/C16H21N3O/c1-3-8-19(16(20)18-15-9-12(15)2)11-14-6-4-13(10-17)5-7-14/h4-7,12,15H,3,8-9,11H2,1-2H3,(H,18,20)/t12-,15-/m0/s1. The van der Waals surface area contributed by atoms with E-state index in [0.717, 1.165) is 24.9 Å². The smallest absolute Gasteiger partial charge is 0.317 e. The summed E-state index contributed by atoms with van der Waals surface area (Å²) in [4.78, 5) is 14.1. The first-order valence-corrected chi connectivity index (χ1v) is 7.18. The number of nitrogens with one attached hydrogen (secondary N) is 1. The molecule has 1 aliphatic rings. The van der Waals surface area contributed by atoms with Crippen LogP contribution in [0.3, 0.4) is 0 Å². The van der Waals surface area contributed by atoms with E-state index < -0.39 is 0 Å². The lowest BCUT2D eigenvalue weighted by Crippen LogP contribution is -2.41. The summed E-state index contributed by atoms with van der Waals surface area (Å²) in [6.45, 7) is 5.55. The summed E-state index contributed by atoms with van der Waals surface area (Å²) in [7, 11) is 0. The Morgan fingerprint density at radius 3 is 2.60 bits per heavy atom. The van der Waals surface area contributed by atoms with Crippen LogP contribution in [0.1, 0.15) is 37.8 Å². The van der Waals surface area contributed by atoms with Gasteiger partial charge in [0.2, 0.25) is 0 Å². The second-order valence-corrected chi connectivity index (χ2v) is 5.50. The van der Waals surface area contributed by atoms with Crippen molar-refractivity contribution in [2.24, 2.45) is 5.92 Å². The number of amides is 2. The molecule has 4 heteroatoms. The molecule has 1 aromatic carbocycles. The van der Waals surface area contributed by atoms with E-state index in [1.54, 1.807) is 12.1 Å². The van der Waals surface area contributed by atoms with Gasteiger partial charge in [-0.05, 0) is 36.5 Å². The number of rotatable bonds is 5. The van der Waals surface area contributed by atoms with Gasteiger partial charge in [0.05, 0.1) is 11.6 Å². The van der Waals surface area contributed by atoms with E-state index >= 15 is 0 Å². The van der Waals surface area contributed by atoms with E-state index in [-0.39, 0.29) is 6.03 Å². The van der Waals surface area contributed by atoms with Crippen LogP contribution >= 0.6 is 0 Å². The molecular weight excluding hydrogens is 250 g/mol. The summed E-state index contributed by atoms with van der Waals surface area (Å²) in [5.41, 5.74) is 1.70. The SMILES string of the molecule is CCCN(Cc1ccc(C#N)cc1)C(=O)N[C@H]1C[C@@H]1C. The average Bonchev–Trinajstić information content (AvgIpc) is 3.14. The Balaban J connectivity index is 1.96. The molecule has 0 aliphatic heterocycles. The van der Waals surface area contributed by atoms with Crippen molar-refractivity contribution >= 4 is 6.03 Å². The van der Waals surface area contributed by atoms with Gasteiger partial charge >= 0.3 is 6.03 Å². The van der Waals surface area contributed by atoms with E-state index in [4.69, 9.17) is 5.26 Å². The van der Waals surface area contributed by atoms with Crippen LogP contribution in [0.2, 0.25) is 0 Å². The molecule has 0 heterocycles. The number of hydrogen-bond acceptors (Lipinski definition) is 2. The van der Waals surface area contributed by atoms with Crippen molar-refractivity contribution in [2.45, 2.75) is 39.3 Å². The van der Waals surface area contributed by atoms with Gasteiger partial charge in [-0.25, -0.2) is 4.79 Å². The van der Waals surface area contributed by atoms with Crippen molar-refractivity contribution in [3.63, 3.8) is 0 Å². The molecule has 1 aliphatic carbocycles. The minimum Gasteiger partial charge on any atom is -0.335 e. The van der Waals surface area contributed by atoms with Crippen LogP contribution < -0.4 is 5.32 Å². The molecule has 106 valence electrons. The first-order chi connectivity index (χ1) is 9.63. The number of hydrogen-bond donors (Lipinski definition) is 1. The maximum atomic E-state index is 12.2. The van der Waals surface area contributed by atoms with Crippen LogP contribution in [-0.2, 0) is 6.54 Å². The summed E-state index contributed by atoms with van der Waals surface area (Å²) in [6, 6.07) is 9.88. The lowest BCUT2D eigenvalue weighted by atomic mass is 10.1. The Morgan fingerprint density at radius 1 is 1.45 bits per heavy atom. The molecule has 0 unspecified atom stereocenters. The molecule has 4 nitrogen and oxygen atoms in total. The van der Waals surface area contributed by atoms with Gasteiger partial charge in [-0.3, -0.25) is 0 Å². The average molecular weight is 271 g/mol. The number of benzene rings is 1. The first-order valence-electron chi connectivity index (χ1n) is 7.18. The number of nitriles is 1. The third kappa shape index (κ3) is 3.74. The second-order valence-electron chi connectivity index (χ2n) is 5.50. The zero-order chi connectivity index (χ0) is 14.5. The third-order valence-corrected chi connectivity index (χ3v) is 3.66. The number of carbonyl (C=O) groups is 1. The van der Waals surface area contributed by atoms with Crippen LogP contribution in [0.4, 0.5) is 4.79 Å². The molecule has 1 saturated carbocycles. The van der Waals surface area contributed by atoms with Gasteiger partial charge < -0.3 is 10.2 Å². The Bertz CT molecular complexity index is 503. The molecule has 0 aromatic heterocycles. The molecule has 2 amide bonds. The van der Waals surface area contributed by atoms with Crippen molar-refractivity contribution in [1.82, 2.24) is 10.2 Å². The molecule has 1 N–H and O–H groups in total. The van der Waals surface area contributed by atoms with E-state index in [2.05, 4.69) is 25.2 Å². The zero-order valence-electron chi connectivity index (χ0n) is 12.1. The topological polar surface area (TPSA) is 56.1 Å². The second kappa shape index (κ2) is 6.42. The van der Waals surface area contributed by atoms with Crippen molar-refractivity contribution < 1.29 is 4.79 Å². The lowest BCUT2D eigenvalue weighted by molar-refractivity contribution is 0.194. The molecule has 1 aromatic rings. The predicted octanol–water partition coefficient (Wildman–Crippen LogP) is 2.89. The molecule has 2 rings (SSSR count). The Hall–Kier alpha value is -2.02. The summed E-state index contributed by atoms with van der Waals surface area (Å²) < 4.78 is 0. The highest BCUT2D eigenvalue weighted by Crippen LogP contribution is 2.29. The van der Waals surface area contributed by atoms with Crippen LogP contribution in [0, 0.1) is 17.2 Å². The number of nitrogens with zero attached hydrogens (tertiary/aromatic N) is 2. The maximum Gasteiger partial charge on any atom is 0.317 e. The van der Waals surface area contributed by atoms with Gasteiger partial charge in [0.25, 0.3) is 0 Å². The molecule has 0 radical (unpaired) electrons. The van der Waals surface area contributed by atoms with Crippen LogP contribution in [0.15, 0.2) is 24.3 Å². The highest BCUT2D eigenvalue weighted by Gasteiger charge is 2.34. The molecule has 0 bridgehead atoms. The van der Waals surface area contributed by atoms with Gasteiger partial charge in [-0.15, -0.1) is 0 Å². The number of urea groups is 1. The molecule has 0 spiro atoms. The van der Waals surface area contributed by atoms with Gasteiger partial charge in [0.15, 0.2) is 0 Å². The van der Waals surface area contributed by atoms with E-state index in [9.17, 15) is 4.79 Å². The monoisotopic (exact) mass is 271 g/mol. The third-order valence-electron chi connectivity index (χ3n) is 3.66. The fourth-order valence-corrected chi connectivity index (χ4v) is 2.20. The Labute approximate surface area is 120 Å². The van der Waals surface area contributed by atoms with Gasteiger partial charge in [0, 0.05) is 19.1 Å². The predicted molar refractivity (Wildman–Crippen MR) is 78.0 cm³/mol. The normalized spacial score (nSPS) is 20.1. The highest BCUT2D eigenvalue weighted by molar-refractivity contribution is 5.75. The quantitative estimate of drug-likeness (QED) is 0.895. The minimum atomic E-state index is 0.0190. The van der Waals surface area contributed by atoms with Gasteiger partial charge in [-0.2, -0.15) is 5.26 Å². The van der Waals surface area contributed by atoms with Gasteiger partial charge in [-0.1, -0.05) is 26.0 Å². The maximum absolute atomic E-state index is 12.2. The zero-order valence-corrected chi connectivity index (χ0v) is 12.1. The molecule has 2 atom stereocenters. The largest absolute Gasteiger partial charge is 0.335 e. The van der Waals surface area contributed by atoms with Crippen LogP contribution in [0.5, 0.6) is 0 Å². The Morgan fingerprint density at radius 2 is 2.10 bits per heavy atom. The molecule has 20 heavy (non-hydrogen) atoms. The van der Waals surface area contributed by atoms with Crippen molar-refractivity contribution in [1.29, 1.82) is 5.26 Å². The summed E-state index contributed by atoms with van der Waals surface area (Å²) >= 11 is 0. The van der Waals surface area contributed by atoms with Crippen molar-refractivity contribution in [3.05, 3.63) is 35.4 Å². The van der Waals surface area contributed by atoms with Crippen molar-refractivity contribution in [2.75, 3.05) is 6.54 Å². The summed E-state index contributed by atoms with van der Waals surface area (Å²) in [6.07, 6.45) is 2.02. The van der Waals surface area contributed by atoms with Crippen LogP contribution in [-0.4, -0.2) is 23.5 Å². The molecule has 0 saturated heterocycles. The van der Waals surface area contributed by atoms with E-state index in [0.29, 0.717) is 24.1 Å². The number of carbonyl (C=O) groups excluding carboxylic acids is 1. The van der Waals surface area contributed by atoms with Gasteiger partial charge in [0.1, 0.15) is 0 Å². The van der Waals surface area contributed by atoms with Crippen molar-refractivity contribution in [3.8, 4) is 6.07 Å². The van der Waals surface area contributed by atoms with Crippen LogP contribution in [0.25, 0.3) is 0 Å². The fraction of sp³-hybridized carbons (Fsp3) is 0.500. The van der Waals surface area contributed by atoms with E-state index in [1.807, 2.05) is 17.0 Å². The molecular formula is C16H21N3O. The lowest BCUT2D eigenvalue weighted by Gasteiger charge is -2.23. The summed E-state index contributed by atoms with van der Waals surface area (Å²) in [5, 5.41) is 11.9. The minimum absolute atomic E-state index is 0.0190.